The maximum absolute atomic E-state index is 11.8. The molecule has 26 heavy (non-hydrogen) atoms. The highest BCUT2D eigenvalue weighted by atomic mass is 32.1. The molecule has 134 valence electrons. The van der Waals surface area contributed by atoms with Crippen molar-refractivity contribution in [2.24, 2.45) is 0 Å². The summed E-state index contributed by atoms with van der Waals surface area (Å²) in [6, 6.07) is 9.95. The Bertz CT molecular complexity index is 894. The van der Waals surface area contributed by atoms with Crippen molar-refractivity contribution in [1.82, 2.24) is 10.1 Å². The van der Waals surface area contributed by atoms with Gasteiger partial charge in [0.1, 0.15) is 5.69 Å². The van der Waals surface area contributed by atoms with E-state index in [1.807, 2.05) is 17.5 Å². The number of para-hydroxylation sites is 2. The third kappa shape index (κ3) is 4.42. The topological polar surface area (TPSA) is 120 Å². The lowest BCUT2D eigenvalue weighted by atomic mass is 10.2. The fraction of sp³-hybridized carbons (Fsp3) is 0.188. The molecule has 3 aromatic rings. The zero-order valence-electron chi connectivity index (χ0n) is 13.5. The van der Waals surface area contributed by atoms with Gasteiger partial charge in [0.2, 0.25) is 5.82 Å². The lowest BCUT2D eigenvalue weighted by Gasteiger charge is -2.06. The molecule has 0 radical (unpaired) electrons. The zero-order valence-corrected chi connectivity index (χ0v) is 14.3. The molecule has 0 fully saturated rings. The highest BCUT2D eigenvalue weighted by Gasteiger charge is 2.14. The van der Waals surface area contributed by atoms with Gasteiger partial charge in [-0.2, -0.15) is 4.98 Å². The second-order valence-corrected chi connectivity index (χ2v) is 6.05. The molecule has 0 bridgehead atoms. The largest absolute Gasteiger partial charge is 0.456 e. The quantitative estimate of drug-likeness (QED) is 0.362. The van der Waals surface area contributed by atoms with Gasteiger partial charge in [-0.3, -0.25) is 14.9 Å². The van der Waals surface area contributed by atoms with Crippen molar-refractivity contribution in [3.05, 3.63) is 57.8 Å². The van der Waals surface area contributed by atoms with Crippen LogP contribution in [0.15, 0.2) is 46.3 Å². The van der Waals surface area contributed by atoms with Crippen molar-refractivity contribution < 1.29 is 19.0 Å². The number of ether oxygens (including phenoxy) is 1. The summed E-state index contributed by atoms with van der Waals surface area (Å²) in [6.07, 6.45) is 0.0397. The summed E-state index contributed by atoms with van der Waals surface area (Å²) in [4.78, 5) is 27.2. The number of nitrogens with zero attached hydrogens (tertiary/aromatic N) is 3. The molecule has 0 aliphatic heterocycles. The number of benzene rings is 1. The highest BCUT2D eigenvalue weighted by Crippen LogP contribution is 2.23. The summed E-state index contributed by atoms with van der Waals surface area (Å²) in [5.41, 5.74) is 0.302. The molecular weight excluding hydrogens is 360 g/mol. The molecule has 1 N–H and O–H groups in total. The van der Waals surface area contributed by atoms with Crippen LogP contribution >= 0.6 is 11.3 Å². The number of nitrogens with one attached hydrogen (secondary N) is 1. The SMILES string of the molecule is O=C(CCNc1ccccc1[N+](=O)[O-])OCc1nc(-c2cccs2)no1. The van der Waals surface area contributed by atoms with Gasteiger partial charge < -0.3 is 14.6 Å². The van der Waals surface area contributed by atoms with E-state index in [1.54, 1.807) is 18.2 Å². The van der Waals surface area contributed by atoms with E-state index in [-0.39, 0.29) is 31.2 Å². The van der Waals surface area contributed by atoms with E-state index < -0.39 is 10.9 Å². The molecule has 0 amide bonds. The van der Waals surface area contributed by atoms with Crippen LogP contribution in [0.3, 0.4) is 0 Å². The second kappa shape index (κ2) is 8.21. The molecule has 0 aliphatic carbocycles. The third-order valence-corrected chi connectivity index (χ3v) is 4.18. The van der Waals surface area contributed by atoms with Crippen molar-refractivity contribution in [3.8, 4) is 10.7 Å². The number of hydrogen-bond donors (Lipinski definition) is 1. The first kappa shape index (κ1) is 17.5. The lowest BCUT2D eigenvalue weighted by molar-refractivity contribution is -0.384. The Morgan fingerprint density at radius 3 is 2.92 bits per heavy atom. The van der Waals surface area contributed by atoms with Gasteiger partial charge in [-0.1, -0.05) is 23.4 Å². The van der Waals surface area contributed by atoms with E-state index in [2.05, 4.69) is 15.5 Å². The molecule has 2 aromatic heterocycles. The van der Waals surface area contributed by atoms with Gasteiger partial charge in [0.05, 0.1) is 16.2 Å². The summed E-state index contributed by atoms with van der Waals surface area (Å²) < 4.78 is 10.1. The molecule has 3 rings (SSSR count). The maximum atomic E-state index is 11.8. The van der Waals surface area contributed by atoms with E-state index >= 15 is 0 Å². The zero-order chi connectivity index (χ0) is 18.4. The summed E-state index contributed by atoms with van der Waals surface area (Å²) in [7, 11) is 0. The maximum Gasteiger partial charge on any atom is 0.308 e. The number of carbonyl (C=O) groups excluding carboxylic acids is 1. The standard InChI is InChI=1S/C16H14N4O5S/c21-15(7-8-17-11-4-1-2-5-12(11)20(22)23)24-10-14-18-16(19-25-14)13-6-3-9-26-13/h1-6,9,17H,7-8,10H2. The molecule has 0 spiro atoms. The van der Waals surface area contributed by atoms with Crippen molar-refractivity contribution >= 4 is 28.7 Å². The monoisotopic (exact) mass is 374 g/mol. The first-order valence-electron chi connectivity index (χ1n) is 7.63. The number of nitro groups is 1. The Labute approximate surface area is 151 Å². The predicted molar refractivity (Wildman–Crippen MR) is 93.6 cm³/mol. The first-order valence-corrected chi connectivity index (χ1v) is 8.51. The van der Waals surface area contributed by atoms with E-state index in [4.69, 9.17) is 9.26 Å². The summed E-state index contributed by atoms with van der Waals surface area (Å²) >= 11 is 1.48. The Morgan fingerprint density at radius 1 is 1.31 bits per heavy atom. The van der Waals surface area contributed by atoms with E-state index in [0.29, 0.717) is 11.5 Å². The van der Waals surface area contributed by atoms with Crippen molar-refractivity contribution in [1.29, 1.82) is 0 Å². The molecule has 0 unspecified atom stereocenters. The molecule has 0 saturated carbocycles. The number of carbonyl (C=O) groups is 1. The van der Waals surface area contributed by atoms with E-state index in [0.717, 1.165) is 4.88 Å². The van der Waals surface area contributed by atoms with Crippen LogP contribution in [-0.4, -0.2) is 27.6 Å². The van der Waals surface area contributed by atoms with Gasteiger partial charge in [-0.05, 0) is 17.5 Å². The Hall–Kier alpha value is -3.27. The number of nitro benzene ring substituents is 1. The molecular formula is C16H14N4O5S. The predicted octanol–water partition coefficient (Wildman–Crippen LogP) is 3.25. The van der Waals surface area contributed by atoms with Crippen molar-refractivity contribution in [2.75, 3.05) is 11.9 Å². The third-order valence-electron chi connectivity index (χ3n) is 3.31. The molecule has 9 nitrogen and oxygen atoms in total. The molecule has 0 aliphatic rings. The molecule has 1 aromatic carbocycles. The van der Waals surface area contributed by atoms with Crippen LogP contribution in [0.25, 0.3) is 10.7 Å². The molecule has 0 saturated heterocycles. The van der Waals surface area contributed by atoms with Crippen LogP contribution in [0.2, 0.25) is 0 Å². The van der Waals surface area contributed by atoms with Gasteiger partial charge in [-0.25, -0.2) is 0 Å². The Balaban J connectivity index is 1.44. The van der Waals surface area contributed by atoms with E-state index in [9.17, 15) is 14.9 Å². The normalized spacial score (nSPS) is 10.5. The van der Waals surface area contributed by atoms with Gasteiger partial charge in [0.25, 0.3) is 11.6 Å². The summed E-state index contributed by atoms with van der Waals surface area (Å²) in [5.74, 6) is 0.171. The van der Waals surface area contributed by atoms with Crippen LogP contribution in [0.1, 0.15) is 12.3 Å². The number of aromatic nitrogens is 2. The fourth-order valence-electron chi connectivity index (χ4n) is 2.12. The van der Waals surface area contributed by atoms with Crippen LogP contribution in [0.4, 0.5) is 11.4 Å². The van der Waals surface area contributed by atoms with Gasteiger partial charge in [0.15, 0.2) is 6.61 Å². The van der Waals surface area contributed by atoms with Crippen molar-refractivity contribution in [3.63, 3.8) is 0 Å². The van der Waals surface area contributed by atoms with Crippen LogP contribution in [0.5, 0.6) is 0 Å². The lowest BCUT2D eigenvalue weighted by Crippen LogP contribution is -2.12. The minimum Gasteiger partial charge on any atom is -0.456 e. The number of anilines is 1. The minimum atomic E-state index is -0.485. The highest BCUT2D eigenvalue weighted by molar-refractivity contribution is 7.13. The average Bonchev–Trinajstić information content (AvgIpc) is 3.31. The molecule has 2 heterocycles. The fourth-order valence-corrected chi connectivity index (χ4v) is 2.76. The molecule has 0 atom stereocenters. The average molecular weight is 374 g/mol. The van der Waals surface area contributed by atoms with Gasteiger partial charge in [-0.15, -0.1) is 11.3 Å². The van der Waals surface area contributed by atoms with Crippen LogP contribution < -0.4 is 5.32 Å². The summed E-state index contributed by atoms with van der Waals surface area (Å²) in [6.45, 7) is 0.0800. The van der Waals surface area contributed by atoms with Crippen molar-refractivity contribution in [2.45, 2.75) is 13.0 Å². The van der Waals surface area contributed by atoms with Gasteiger partial charge >= 0.3 is 5.97 Å². The first-order chi connectivity index (χ1) is 12.6. The summed E-state index contributed by atoms with van der Waals surface area (Å²) in [5, 5.41) is 19.5. The molecule has 10 heteroatoms. The Kier molecular flexibility index (Phi) is 5.54. The number of hydrogen-bond acceptors (Lipinski definition) is 9. The smallest absolute Gasteiger partial charge is 0.308 e. The number of rotatable bonds is 8. The van der Waals surface area contributed by atoms with Crippen LogP contribution in [-0.2, 0) is 16.1 Å². The number of esters is 1. The van der Waals surface area contributed by atoms with E-state index in [1.165, 1.54) is 17.4 Å². The second-order valence-electron chi connectivity index (χ2n) is 5.10. The number of thiophene rings is 1. The Morgan fingerprint density at radius 2 is 2.15 bits per heavy atom. The minimum absolute atomic E-state index is 0.0397. The van der Waals surface area contributed by atoms with Crippen LogP contribution in [0, 0.1) is 10.1 Å². The van der Waals surface area contributed by atoms with Gasteiger partial charge in [0, 0.05) is 12.6 Å².